The van der Waals surface area contributed by atoms with Crippen LogP contribution >= 0.6 is 0 Å². The molecule has 0 saturated carbocycles. The van der Waals surface area contributed by atoms with Crippen molar-refractivity contribution >= 4 is 16.9 Å². The van der Waals surface area contributed by atoms with Gasteiger partial charge in [-0.05, 0) is 53.9 Å². The average Bonchev–Trinajstić information content (AvgIpc) is 3.25. The van der Waals surface area contributed by atoms with Crippen molar-refractivity contribution < 1.29 is 14.4 Å². The molecule has 0 radical (unpaired) electrons. The molecule has 0 amide bonds. The summed E-state index contributed by atoms with van der Waals surface area (Å²) in [6, 6.07) is 26.5. The Morgan fingerprint density at radius 3 is 2.29 bits per heavy atom. The number of fused-ring (bicyclic) bond motifs is 1. The van der Waals surface area contributed by atoms with Gasteiger partial charge in [-0.25, -0.2) is 4.79 Å². The van der Waals surface area contributed by atoms with Gasteiger partial charge in [0.05, 0.1) is 17.9 Å². The zero-order valence-electron chi connectivity index (χ0n) is 19.3. The van der Waals surface area contributed by atoms with Crippen LogP contribution in [0.2, 0.25) is 0 Å². The number of nitrogens with zero attached hydrogens (tertiary/aromatic N) is 4. The van der Waals surface area contributed by atoms with Gasteiger partial charge < -0.3 is 9.94 Å². The van der Waals surface area contributed by atoms with Gasteiger partial charge in [-0.15, -0.1) is 4.85 Å². The van der Waals surface area contributed by atoms with Gasteiger partial charge in [-0.1, -0.05) is 66.6 Å². The smallest absolute Gasteiger partial charge is 0.368 e. The number of carbonyl (C=O) groups is 1. The molecule has 0 fully saturated rings. The number of hydrogen-bond acceptors (Lipinski definition) is 5. The Kier molecular flexibility index (Phi) is 6.22. The zero-order chi connectivity index (χ0) is 24.2. The number of pyridine rings is 1. The molecule has 35 heavy (non-hydrogen) atoms. The van der Waals surface area contributed by atoms with Gasteiger partial charge in [0.25, 0.3) is 0 Å². The lowest BCUT2D eigenvalue weighted by Gasteiger charge is -2.08. The van der Waals surface area contributed by atoms with Crippen LogP contribution in [-0.4, -0.2) is 27.4 Å². The number of rotatable bonds is 7. The first-order valence-electron chi connectivity index (χ1n) is 11.6. The summed E-state index contributed by atoms with van der Waals surface area (Å²) in [4.78, 5) is 17.8. The van der Waals surface area contributed by atoms with Gasteiger partial charge in [-0.2, -0.15) is 0 Å². The average molecular weight is 465 g/mol. The van der Waals surface area contributed by atoms with Gasteiger partial charge in [0.2, 0.25) is 11.0 Å². The van der Waals surface area contributed by atoms with Gasteiger partial charge in [0, 0.05) is 11.8 Å². The molecule has 5 rings (SSSR count). The van der Waals surface area contributed by atoms with E-state index in [4.69, 9.17) is 4.74 Å². The highest BCUT2D eigenvalue weighted by molar-refractivity contribution is 5.99. The first-order chi connectivity index (χ1) is 17.1. The maximum Gasteiger partial charge on any atom is 0.368 e. The molecule has 0 spiro atoms. The third kappa shape index (κ3) is 4.61. The minimum atomic E-state index is -0.410. The third-order valence-electron chi connectivity index (χ3n) is 5.82. The van der Waals surface area contributed by atoms with Crippen molar-refractivity contribution in [2.24, 2.45) is 0 Å². The normalized spacial score (nSPS) is 11.0. The fraction of sp³-hybridized carbons (Fsp3) is 0.143. The molecule has 7 heteroatoms. The maximum absolute atomic E-state index is 12.9. The topological polar surface area (TPSA) is 84.0 Å². The molecule has 0 aliphatic heterocycles. The number of para-hydroxylation sites is 2. The number of unbranched alkanes of at least 4 members (excludes halogenated alkanes) is 1. The summed E-state index contributed by atoms with van der Waals surface area (Å²) < 4.78 is 6.84. The van der Waals surface area contributed by atoms with E-state index in [1.54, 1.807) is 36.4 Å². The van der Waals surface area contributed by atoms with E-state index in [0.29, 0.717) is 21.4 Å². The molecule has 0 aliphatic carbocycles. The summed E-state index contributed by atoms with van der Waals surface area (Å²) in [5, 5.41) is 15.8. The lowest BCUT2D eigenvalue weighted by molar-refractivity contribution is -0.645. The second kappa shape index (κ2) is 9.77. The summed E-state index contributed by atoms with van der Waals surface area (Å²) in [6.45, 7) is 2.88. The lowest BCUT2D eigenvalue weighted by atomic mass is 10.0. The number of ether oxygens (including phenoxy) is 1. The quantitative estimate of drug-likeness (QED) is 0.186. The van der Waals surface area contributed by atoms with E-state index in [2.05, 4.69) is 29.3 Å². The van der Waals surface area contributed by atoms with Crippen molar-refractivity contribution in [2.45, 2.75) is 19.8 Å². The zero-order valence-corrected chi connectivity index (χ0v) is 19.3. The highest BCUT2D eigenvalue weighted by Gasteiger charge is 2.23. The van der Waals surface area contributed by atoms with E-state index in [9.17, 15) is 10.0 Å². The predicted octanol–water partition coefficient (Wildman–Crippen LogP) is 5.27. The van der Waals surface area contributed by atoms with E-state index < -0.39 is 5.91 Å². The number of carbonyl (C=O) groups excluding carboxylic acids is 1. The Morgan fingerprint density at radius 1 is 0.914 bits per heavy atom. The highest BCUT2D eigenvalue weighted by atomic mass is 16.5. The van der Waals surface area contributed by atoms with E-state index in [-0.39, 0.29) is 0 Å². The molecule has 2 aromatic heterocycles. The number of aromatic nitrogens is 4. The van der Waals surface area contributed by atoms with Crippen LogP contribution in [0.15, 0.2) is 91.1 Å². The molecule has 0 bridgehead atoms. The molecule has 5 aromatic rings. The molecule has 7 nitrogen and oxygen atoms in total. The standard InChI is InChI=1S/C28H24N4O3/c1-2-3-18-35-24-15-12-21(13-16-24)20-8-10-22(11-9-20)25-17-14-23(19-29-25)28(33)31-26-6-4-5-7-27(26)32(34)30-31/h4-17,19H,2-3,18H2,1H3. The minimum Gasteiger partial charge on any atom is -0.691 e. The molecule has 0 saturated heterocycles. The van der Waals surface area contributed by atoms with E-state index in [1.807, 2.05) is 36.4 Å². The summed E-state index contributed by atoms with van der Waals surface area (Å²) in [6.07, 6.45) is 3.67. The van der Waals surface area contributed by atoms with E-state index in [1.165, 1.54) is 6.20 Å². The molecule has 0 N–H and O–H groups in total. The summed E-state index contributed by atoms with van der Waals surface area (Å²) in [5.41, 5.74) is 5.02. The minimum absolute atomic E-state index is 0.337. The van der Waals surface area contributed by atoms with Gasteiger partial charge in [-0.3, -0.25) is 4.98 Å². The predicted molar refractivity (Wildman–Crippen MR) is 134 cm³/mol. The van der Waals surface area contributed by atoms with Gasteiger partial charge >= 0.3 is 5.91 Å². The van der Waals surface area contributed by atoms with Crippen molar-refractivity contribution in [3.05, 3.63) is 102 Å². The molecular weight excluding hydrogens is 440 g/mol. The monoisotopic (exact) mass is 464 g/mol. The van der Waals surface area contributed by atoms with Crippen molar-refractivity contribution in [1.29, 1.82) is 0 Å². The van der Waals surface area contributed by atoms with E-state index >= 15 is 0 Å². The largest absolute Gasteiger partial charge is 0.691 e. The van der Waals surface area contributed by atoms with Crippen LogP contribution in [-0.2, 0) is 0 Å². The summed E-state index contributed by atoms with van der Waals surface area (Å²) in [7, 11) is 0. The van der Waals surface area contributed by atoms with Crippen LogP contribution in [0.3, 0.4) is 0 Å². The molecule has 174 valence electrons. The van der Waals surface area contributed by atoms with Crippen molar-refractivity contribution in [3.63, 3.8) is 0 Å². The SMILES string of the molecule is CCCCOc1ccc(-c2ccc(-c3ccc(C(=O)n4n[n+]([O-])c5ccccc54)cn3)cc2)cc1. The Balaban J connectivity index is 1.31. The van der Waals surface area contributed by atoms with E-state index in [0.717, 1.165) is 52.3 Å². The maximum atomic E-state index is 12.9. The lowest BCUT2D eigenvalue weighted by Crippen LogP contribution is -2.31. The highest BCUT2D eigenvalue weighted by Crippen LogP contribution is 2.26. The molecule has 2 heterocycles. The second-order valence-electron chi connectivity index (χ2n) is 8.20. The fourth-order valence-corrected chi connectivity index (χ4v) is 3.86. The Hall–Kier alpha value is -4.52. The van der Waals surface area contributed by atoms with Crippen molar-refractivity contribution in [1.82, 2.24) is 14.9 Å². The summed E-state index contributed by atoms with van der Waals surface area (Å²) >= 11 is 0. The Labute approximate surface area is 202 Å². The third-order valence-corrected chi connectivity index (χ3v) is 5.82. The number of benzene rings is 3. The van der Waals surface area contributed by atoms with Crippen LogP contribution in [0, 0.1) is 5.21 Å². The van der Waals surface area contributed by atoms with Crippen LogP contribution in [0.25, 0.3) is 33.4 Å². The van der Waals surface area contributed by atoms with Crippen LogP contribution in [0.4, 0.5) is 0 Å². The van der Waals surface area contributed by atoms with Crippen LogP contribution in [0.5, 0.6) is 5.75 Å². The van der Waals surface area contributed by atoms with Gasteiger partial charge in [0.15, 0.2) is 0 Å². The molecule has 3 aromatic carbocycles. The van der Waals surface area contributed by atoms with Gasteiger partial charge in [0.1, 0.15) is 11.0 Å². The first kappa shape index (κ1) is 22.3. The molecule has 0 aliphatic rings. The van der Waals surface area contributed by atoms with Crippen LogP contribution < -0.4 is 9.58 Å². The fourth-order valence-electron chi connectivity index (χ4n) is 3.86. The molecule has 0 atom stereocenters. The molecule has 0 unspecified atom stereocenters. The van der Waals surface area contributed by atoms with Crippen LogP contribution in [0.1, 0.15) is 30.1 Å². The summed E-state index contributed by atoms with van der Waals surface area (Å²) in [5.74, 6) is 0.471. The number of hydrogen-bond donors (Lipinski definition) is 0. The van der Waals surface area contributed by atoms with Crippen molar-refractivity contribution in [3.8, 4) is 28.1 Å². The van der Waals surface area contributed by atoms with Crippen molar-refractivity contribution in [2.75, 3.05) is 6.61 Å². The second-order valence-corrected chi connectivity index (χ2v) is 8.20. The molecular formula is C28H24N4O3. The Morgan fingerprint density at radius 2 is 1.60 bits per heavy atom. The Bertz CT molecular complexity index is 1460. The first-order valence-corrected chi connectivity index (χ1v) is 11.6.